The molecule has 26 heavy (non-hydrogen) atoms. The number of aromatic nitrogens is 4. The third-order valence-corrected chi connectivity index (χ3v) is 4.34. The first-order valence-electron chi connectivity index (χ1n) is 8.80. The van der Waals surface area contributed by atoms with Crippen LogP contribution in [0.15, 0.2) is 0 Å². The summed E-state index contributed by atoms with van der Waals surface area (Å²) in [6.45, 7) is 2.88. The fourth-order valence-corrected chi connectivity index (χ4v) is 3.02. The summed E-state index contributed by atoms with van der Waals surface area (Å²) in [5.41, 5.74) is 1.29. The van der Waals surface area contributed by atoms with Crippen LogP contribution in [0.3, 0.4) is 0 Å². The number of halogens is 1. The van der Waals surface area contributed by atoms with Crippen LogP contribution in [-0.4, -0.2) is 57.8 Å². The van der Waals surface area contributed by atoms with Gasteiger partial charge in [-0.3, -0.25) is 0 Å². The van der Waals surface area contributed by atoms with E-state index in [1.807, 2.05) is 0 Å². The lowest BCUT2D eigenvalue weighted by molar-refractivity contribution is 0.171. The number of fused-ring (bicyclic) bond motifs is 1. The molecule has 1 fully saturated rings. The highest BCUT2D eigenvalue weighted by molar-refractivity contribution is 5.94. The molecule has 2 heterocycles. The molecule has 0 saturated heterocycles. The van der Waals surface area contributed by atoms with Gasteiger partial charge in [-0.1, -0.05) is 6.92 Å². The first-order valence-corrected chi connectivity index (χ1v) is 8.80. The van der Waals surface area contributed by atoms with Gasteiger partial charge in [0.15, 0.2) is 11.6 Å². The van der Waals surface area contributed by atoms with Crippen molar-refractivity contribution in [3.05, 3.63) is 0 Å². The Morgan fingerprint density at radius 3 is 2.12 bits per heavy atom. The molecule has 1 aliphatic carbocycles. The minimum Gasteiger partial charge on any atom is -0.391 e. The molecule has 2 aromatic heterocycles. The van der Waals surface area contributed by atoms with Crippen molar-refractivity contribution in [2.75, 3.05) is 41.9 Å². The molecule has 0 amide bonds. The molecule has 1 aliphatic rings. The van der Waals surface area contributed by atoms with Crippen LogP contribution < -0.4 is 21.3 Å². The van der Waals surface area contributed by atoms with Crippen molar-refractivity contribution in [1.29, 1.82) is 0 Å². The van der Waals surface area contributed by atoms with E-state index in [9.17, 15) is 5.11 Å². The molecule has 5 N–H and O–H groups in total. The molecule has 0 unspecified atom stereocenters. The molecule has 1 saturated carbocycles. The molecule has 0 spiro atoms. The molecule has 0 bridgehead atoms. The van der Waals surface area contributed by atoms with Crippen LogP contribution in [0.2, 0.25) is 0 Å². The standard InChI is InChI=1S/C16H26N8O.ClH/c1-4-8-19-15-21-11-12(13(17-2)23-15)22-16(24-14(11)18-3)20-9-6-5-7-10(9)25;/h9-10,25H,4-8H2,1-3H3,(H2,17,19,21,23)(H2,18,20,22,24);1H/t9-,10-;/m1./s1. The Labute approximate surface area is 159 Å². The normalized spacial score (nSPS) is 19.1. The van der Waals surface area contributed by atoms with E-state index in [1.54, 1.807) is 14.1 Å². The predicted octanol–water partition coefficient (Wildman–Crippen LogP) is 2.07. The smallest absolute Gasteiger partial charge is 0.225 e. The Morgan fingerprint density at radius 1 is 0.962 bits per heavy atom. The average molecular weight is 383 g/mol. The lowest BCUT2D eigenvalue weighted by atomic mass is 10.2. The van der Waals surface area contributed by atoms with Gasteiger partial charge in [0.25, 0.3) is 0 Å². The summed E-state index contributed by atoms with van der Waals surface area (Å²) in [5, 5.41) is 22.6. The summed E-state index contributed by atoms with van der Waals surface area (Å²) < 4.78 is 0. The maximum absolute atomic E-state index is 10.0. The number of hydrogen-bond donors (Lipinski definition) is 5. The molecule has 2 atom stereocenters. The van der Waals surface area contributed by atoms with E-state index < -0.39 is 0 Å². The van der Waals surface area contributed by atoms with Gasteiger partial charge < -0.3 is 26.4 Å². The van der Waals surface area contributed by atoms with Gasteiger partial charge in [-0.05, 0) is 25.7 Å². The zero-order valence-electron chi connectivity index (χ0n) is 15.3. The van der Waals surface area contributed by atoms with Crippen molar-refractivity contribution in [3.8, 4) is 0 Å². The predicted molar refractivity (Wildman–Crippen MR) is 108 cm³/mol. The minimum atomic E-state index is -0.363. The Morgan fingerprint density at radius 2 is 1.58 bits per heavy atom. The van der Waals surface area contributed by atoms with Crippen molar-refractivity contribution >= 4 is 47.0 Å². The van der Waals surface area contributed by atoms with E-state index in [0.29, 0.717) is 34.6 Å². The average Bonchev–Trinajstić information content (AvgIpc) is 3.03. The molecule has 9 nitrogen and oxygen atoms in total. The van der Waals surface area contributed by atoms with Crippen LogP contribution >= 0.6 is 12.4 Å². The zero-order valence-corrected chi connectivity index (χ0v) is 16.2. The van der Waals surface area contributed by atoms with Gasteiger partial charge in [0.05, 0.1) is 12.1 Å². The highest BCUT2D eigenvalue weighted by Gasteiger charge is 2.26. The van der Waals surface area contributed by atoms with E-state index in [4.69, 9.17) is 0 Å². The summed E-state index contributed by atoms with van der Waals surface area (Å²) in [6.07, 6.45) is 3.34. The summed E-state index contributed by atoms with van der Waals surface area (Å²) in [4.78, 5) is 18.2. The van der Waals surface area contributed by atoms with Gasteiger partial charge in [-0.15, -0.1) is 12.4 Å². The van der Waals surface area contributed by atoms with Gasteiger partial charge in [-0.25, -0.2) is 9.97 Å². The number of hydrogen-bond acceptors (Lipinski definition) is 9. The molecule has 0 aromatic carbocycles. The highest BCUT2D eigenvalue weighted by Crippen LogP contribution is 2.28. The van der Waals surface area contributed by atoms with Crippen LogP contribution in [0.4, 0.5) is 23.5 Å². The van der Waals surface area contributed by atoms with E-state index in [-0.39, 0.29) is 24.6 Å². The second-order valence-corrected chi connectivity index (χ2v) is 6.16. The summed E-state index contributed by atoms with van der Waals surface area (Å²) >= 11 is 0. The van der Waals surface area contributed by atoms with Crippen LogP contribution in [0, 0.1) is 0 Å². The maximum Gasteiger partial charge on any atom is 0.225 e. The van der Waals surface area contributed by atoms with Crippen molar-refractivity contribution in [2.45, 2.75) is 44.8 Å². The van der Waals surface area contributed by atoms with Crippen LogP contribution in [0.1, 0.15) is 32.6 Å². The fraction of sp³-hybridized carbons (Fsp3) is 0.625. The van der Waals surface area contributed by atoms with Gasteiger partial charge in [0, 0.05) is 20.6 Å². The summed E-state index contributed by atoms with van der Waals surface area (Å²) in [5.74, 6) is 2.28. The van der Waals surface area contributed by atoms with Crippen LogP contribution in [0.5, 0.6) is 0 Å². The van der Waals surface area contributed by atoms with Crippen molar-refractivity contribution in [2.24, 2.45) is 0 Å². The molecular weight excluding hydrogens is 356 g/mol. The molecule has 10 heteroatoms. The van der Waals surface area contributed by atoms with E-state index in [0.717, 1.165) is 32.2 Å². The number of aliphatic hydroxyl groups is 1. The quantitative estimate of drug-likeness (QED) is 0.490. The lowest BCUT2D eigenvalue weighted by Crippen LogP contribution is -2.29. The zero-order chi connectivity index (χ0) is 17.8. The largest absolute Gasteiger partial charge is 0.391 e. The van der Waals surface area contributed by atoms with Gasteiger partial charge in [-0.2, -0.15) is 9.97 Å². The van der Waals surface area contributed by atoms with Crippen LogP contribution in [0.25, 0.3) is 11.0 Å². The molecule has 2 aromatic rings. The number of nitrogens with zero attached hydrogens (tertiary/aromatic N) is 4. The summed E-state index contributed by atoms with van der Waals surface area (Å²) in [6, 6.07) is -0.0217. The van der Waals surface area contributed by atoms with E-state index in [2.05, 4.69) is 48.1 Å². The molecule has 3 rings (SSSR count). The van der Waals surface area contributed by atoms with E-state index in [1.165, 1.54) is 0 Å². The number of aliphatic hydroxyl groups excluding tert-OH is 1. The van der Waals surface area contributed by atoms with Gasteiger partial charge in [0.2, 0.25) is 11.9 Å². The Kier molecular flexibility index (Phi) is 6.98. The fourth-order valence-electron chi connectivity index (χ4n) is 3.02. The van der Waals surface area contributed by atoms with E-state index >= 15 is 0 Å². The molecular formula is C16H27ClN8O. The Hall–Kier alpha value is -2.13. The maximum atomic E-state index is 10.0. The van der Waals surface area contributed by atoms with Crippen LogP contribution in [-0.2, 0) is 0 Å². The third kappa shape index (κ3) is 4.16. The first kappa shape index (κ1) is 20.2. The summed E-state index contributed by atoms with van der Waals surface area (Å²) in [7, 11) is 3.61. The SMILES string of the molecule is CCCNc1nc(NC)c2nc(N[C@@H]3CCC[C@H]3O)nc(NC)c2n1.Cl. The molecule has 0 radical (unpaired) electrons. The second kappa shape index (κ2) is 9.00. The number of nitrogens with one attached hydrogen (secondary N) is 4. The minimum absolute atomic E-state index is 0. The second-order valence-electron chi connectivity index (χ2n) is 6.16. The van der Waals surface area contributed by atoms with Gasteiger partial charge in [0.1, 0.15) is 11.0 Å². The lowest BCUT2D eigenvalue weighted by Gasteiger charge is -2.18. The monoisotopic (exact) mass is 382 g/mol. The highest BCUT2D eigenvalue weighted by atomic mass is 35.5. The number of anilines is 4. The topological polar surface area (TPSA) is 120 Å². The van der Waals surface area contributed by atoms with Crippen molar-refractivity contribution in [3.63, 3.8) is 0 Å². The van der Waals surface area contributed by atoms with Gasteiger partial charge >= 0.3 is 0 Å². The Balaban J connectivity index is 0.00000243. The van der Waals surface area contributed by atoms with Crippen molar-refractivity contribution < 1.29 is 5.11 Å². The third-order valence-electron chi connectivity index (χ3n) is 4.34. The van der Waals surface area contributed by atoms with Crippen molar-refractivity contribution in [1.82, 2.24) is 19.9 Å². The number of rotatable bonds is 7. The molecule has 144 valence electrons. The first-order chi connectivity index (χ1) is 12.2. The Bertz CT molecular complexity index is 744. The molecule has 0 aliphatic heterocycles.